The van der Waals surface area contributed by atoms with E-state index in [4.69, 9.17) is 19.4 Å². The summed E-state index contributed by atoms with van der Waals surface area (Å²) in [6, 6.07) is 51.3. The third-order valence-corrected chi connectivity index (χ3v) is 15.9. The van der Waals surface area contributed by atoms with Crippen LogP contribution >= 0.6 is 0 Å². The van der Waals surface area contributed by atoms with E-state index in [1.807, 2.05) is 30.3 Å². The SMILES string of the molecule is CC(C)(C)Cc1cc(-c2[c-]cccc2)nc[c]1[Ge]([CH3])([CH3])[CH3].CC(C)(C)Cc1ccc2c(n1)oc1c[c-]c(-c3nc4ccccc4n3-c3ccc(C(C)(C)C)cc3-c3ccccc3)cc12.[Ir]. The summed E-state index contributed by atoms with van der Waals surface area (Å²) in [5, 5.41) is 2.02. The van der Waals surface area contributed by atoms with Gasteiger partial charge < -0.3 is 8.98 Å². The first-order chi connectivity index (χ1) is 30.2. The Kier molecular flexibility index (Phi) is 13.7. The molecule has 0 aliphatic heterocycles. The van der Waals surface area contributed by atoms with E-state index in [1.165, 1.54) is 26.6 Å². The second-order valence-electron chi connectivity index (χ2n) is 21.7. The van der Waals surface area contributed by atoms with E-state index in [-0.39, 0.29) is 30.9 Å². The van der Waals surface area contributed by atoms with Gasteiger partial charge in [-0.1, -0.05) is 95.5 Å². The van der Waals surface area contributed by atoms with Gasteiger partial charge in [-0.3, -0.25) is 4.98 Å². The summed E-state index contributed by atoms with van der Waals surface area (Å²) >= 11 is -1.90. The van der Waals surface area contributed by atoms with E-state index in [2.05, 4.69) is 200 Å². The Hall–Kier alpha value is -5.14. The van der Waals surface area contributed by atoms with Crippen LogP contribution in [0.2, 0.25) is 17.3 Å². The fraction of sp³-hybridized carbons (Fsp3) is 0.293. The van der Waals surface area contributed by atoms with Crippen molar-refractivity contribution in [2.24, 2.45) is 10.8 Å². The minimum absolute atomic E-state index is 0. The number of benzene rings is 5. The van der Waals surface area contributed by atoms with Crippen molar-refractivity contribution in [3.8, 4) is 39.5 Å². The number of para-hydroxylation sites is 2. The van der Waals surface area contributed by atoms with Crippen molar-refractivity contribution >= 4 is 50.8 Å². The molecular weight excluding hydrogens is 1030 g/mol. The first-order valence-electron chi connectivity index (χ1n) is 22.6. The molecule has 5 aromatic carbocycles. The monoisotopic (exact) mass is 1100 g/mol. The molecule has 65 heavy (non-hydrogen) atoms. The Balaban J connectivity index is 0.000000242. The van der Waals surface area contributed by atoms with Crippen molar-refractivity contribution in [2.45, 2.75) is 97.8 Å². The summed E-state index contributed by atoms with van der Waals surface area (Å²) < 4.78 is 10.0. The zero-order valence-electron chi connectivity index (χ0n) is 40.1. The normalized spacial score (nSPS) is 12.3. The van der Waals surface area contributed by atoms with Gasteiger partial charge in [0, 0.05) is 42.4 Å². The molecule has 0 fully saturated rings. The molecule has 0 aliphatic carbocycles. The van der Waals surface area contributed by atoms with Crippen LogP contribution in [0.5, 0.6) is 0 Å². The summed E-state index contributed by atoms with van der Waals surface area (Å²) in [7, 11) is 0. The van der Waals surface area contributed by atoms with Crippen molar-refractivity contribution in [1.29, 1.82) is 0 Å². The van der Waals surface area contributed by atoms with Gasteiger partial charge in [-0.15, -0.1) is 23.8 Å². The van der Waals surface area contributed by atoms with E-state index in [0.29, 0.717) is 11.1 Å². The fourth-order valence-corrected chi connectivity index (χ4v) is 11.8. The number of fused-ring (bicyclic) bond motifs is 4. The Morgan fingerprint density at radius 2 is 1.37 bits per heavy atom. The van der Waals surface area contributed by atoms with Gasteiger partial charge in [0.25, 0.3) is 0 Å². The van der Waals surface area contributed by atoms with Crippen molar-refractivity contribution in [2.75, 3.05) is 0 Å². The summed E-state index contributed by atoms with van der Waals surface area (Å²) in [5.41, 5.74) is 14.2. The van der Waals surface area contributed by atoms with E-state index in [9.17, 15) is 0 Å². The summed E-state index contributed by atoms with van der Waals surface area (Å²) in [4.78, 5) is 14.8. The number of hydrogen-bond acceptors (Lipinski definition) is 4. The third-order valence-electron chi connectivity index (χ3n) is 11.5. The van der Waals surface area contributed by atoms with E-state index in [1.54, 1.807) is 0 Å². The number of nitrogens with zero attached hydrogens (tertiary/aromatic N) is 4. The molecule has 5 nitrogen and oxygen atoms in total. The average molecular weight is 1100 g/mol. The maximum Gasteiger partial charge on any atom is 0.216 e. The van der Waals surface area contributed by atoms with Crippen molar-refractivity contribution < 1.29 is 24.5 Å². The summed E-state index contributed by atoms with van der Waals surface area (Å²) in [6.07, 6.45) is 4.13. The molecule has 0 bridgehead atoms. The molecule has 7 heteroatoms. The molecule has 0 spiro atoms. The zero-order chi connectivity index (χ0) is 45.6. The van der Waals surface area contributed by atoms with Crippen LogP contribution in [0.3, 0.4) is 0 Å². The zero-order valence-corrected chi connectivity index (χ0v) is 44.6. The molecule has 1 radical (unpaired) electrons. The Morgan fingerprint density at radius 1 is 0.662 bits per heavy atom. The summed E-state index contributed by atoms with van der Waals surface area (Å²) in [5.74, 6) is 8.17. The second-order valence-corrected chi connectivity index (χ2v) is 32.3. The molecule has 0 atom stereocenters. The molecular formula is C58H62GeIrN4O-2. The minimum Gasteiger partial charge on any atom is -0.486 e. The van der Waals surface area contributed by atoms with Gasteiger partial charge in [0.15, 0.2) is 0 Å². The predicted octanol–water partition coefficient (Wildman–Crippen LogP) is 15.0. The van der Waals surface area contributed by atoms with Gasteiger partial charge in [-0.2, -0.15) is 0 Å². The standard InChI is InChI=1S/C39H36N3O.C19H26GeN.Ir/c1-38(2,3)24-28-18-19-29-31-22-26(16-21-35(31)43-37(29)40-28)36-41-32-14-10-11-15-34(32)42(36)33-20-17-27(39(4,5)6)23-30(33)25-12-8-7-9-13-25;1-19(2,3)13-16-12-18(15-10-8-7-9-11-15)21-14-17(16)20(4,5)6;/h7-15,17-23H,24H2,1-6H3;7-10,12,14H,13H2,1-6H3;/q2*-1;. The smallest absolute Gasteiger partial charge is 0.216 e. The number of imidazole rings is 1. The van der Waals surface area contributed by atoms with Crippen LogP contribution in [0.15, 0.2) is 138 Å². The van der Waals surface area contributed by atoms with Crippen LogP contribution in [0.25, 0.3) is 72.6 Å². The molecule has 0 saturated carbocycles. The van der Waals surface area contributed by atoms with Gasteiger partial charge in [-0.05, 0) is 64.8 Å². The molecule has 0 unspecified atom stereocenters. The Morgan fingerprint density at radius 3 is 2.05 bits per heavy atom. The van der Waals surface area contributed by atoms with Gasteiger partial charge in [-0.25, -0.2) is 4.98 Å². The topological polar surface area (TPSA) is 56.7 Å². The first kappa shape index (κ1) is 47.8. The number of aromatic nitrogens is 4. The van der Waals surface area contributed by atoms with Gasteiger partial charge in [0.1, 0.15) is 0 Å². The predicted molar refractivity (Wildman–Crippen MR) is 272 cm³/mol. The maximum absolute atomic E-state index is 6.22. The molecule has 9 rings (SSSR count). The molecule has 0 amide bonds. The van der Waals surface area contributed by atoms with Crippen molar-refractivity contribution in [1.82, 2.24) is 19.5 Å². The van der Waals surface area contributed by atoms with Crippen LogP contribution in [0, 0.1) is 23.0 Å². The van der Waals surface area contributed by atoms with E-state index in [0.717, 1.165) is 74.3 Å². The number of hydrogen-bond donors (Lipinski definition) is 0. The molecule has 0 aliphatic rings. The Labute approximate surface area is 402 Å². The quantitative estimate of drug-likeness (QED) is 0.118. The van der Waals surface area contributed by atoms with Crippen LogP contribution < -0.4 is 4.40 Å². The van der Waals surface area contributed by atoms with E-state index < -0.39 is 13.3 Å². The molecule has 4 heterocycles. The number of furan rings is 1. The fourth-order valence-electron chi connectivity index (χ4n) is 8.50. The molecule has 0 saturated heterocycles. The number of rotatable bonds is 7. The van der Waals surface area contributed by atoms with Crippen LogP contribution in [0.4, 0.5) is 0 Å². The van der Waals surface area contributed by atoms with Crippen molar-refractivity contribution in [3.05, 3.63) is 163 Å². The second kappa shape index (κ2) is 18.6. The third kappa shape index (κ3) is 10.9. The average Bonchev–Trinajstić information content (AvgIpc) is 3.80. The van der Waals surface area contributed by atoms with Gasteiger partial charge in [0.05, 0.1) is 22.4 Å². The van der Waals surface area contributed by atoms with E-state index >= 15 is 0 Å². The Bertz CT molecular complexity index is 3090. The molecule has 0 N–H and O–H groups in total. The largest absolute Gasteiger partial charge is 0.486 e. The van der Waals surface area contributed by atoms with Crippen LogP contribution in [-0.4, -0.2) is 32.8 Å². The number of pyridine rings is 2. The van der Waals surface area contributed by atoms with Crippen LogP contribution in [0.1, 0.15) is 79.1 Å². The molecule has 4 aromatic heterocycles. The van der Waals surface area contributed by atoms with Gasteiger partial charge >= 0.3 is 132 Å². The maximum atomic E-state index is 6.22. The first-order valence-corrected chi connectivity index (χ1v) is 29.9. The summed E-state index contributed by atoms with van der Waals surface area (Å²) in [6.45, 7) is 20.4. The molecule has 9 aromatic rings. The minimum atomic E-state index is -1.90. The molecule has 335 valence electrons. The van der Waals surface area contributed by atoms with Crippen molar-refractivity contribution in [3.63, 3.8) is 0 Å². The van der Waals surface area contributed by atoms with Crippen LogP contribution in [-0.2, 0) is 38.4 Å². The van der Waals surface area contributed by atoms with Gasteiger partial charge in [0.2, 0.25) is 5.71 Å².